The highest BCUT2D eigenvalue weighted by molar-refractivity contribution is 7.84. The van der Waals surface area contributed by atoms with Gasteiger partial charge in [0.15, 0.2) is 0 Å². The van der Waals surface area contributed by atoms with Gasteiger partial charge in [0.2, 0.25) is 0 Å². The topological polar surface area (TPSA) is 101 Å². The first-order valence-electron chi connectivity index (χ1n) is 4.66. The lowest BCUT2D eigenvalue weighted by Crippen LogP contribution is -2.43. The second-order valence-electron chi connectivity index (χ2n) is 2.84. The van der Waals surface area contributed by atoms with Gasteiger partial charge in [-0.3, -0.25) is 13.8 Å². The Hall–Kier alpha value is -1.02. The molecule has 8 heteroatoms. The van der Waals surface area contributed by atoms with Gasteiger partial charge in [0.25, 0.3) is 0 Å². The van der Waals surface area contributed by atoms with Gasteiger partial charge in [0.05, 0.1) is 11.5 Å². The summed E-state index contributed by atoms with van der Waals surface area (Å²) in [5.41, 5.74) is 5.14. The molecule has 0 aliphatic rings. The van der Waals surface area contributed by atoms with Crippen molar-refractivity contribution in [3.8, 4) is 0 Å². The number of hydrogen-bond acceptors (Lipinski definition) is 4. The number of carbonyl (C=O) groups excluding carboxylic acids is 2. The van der Waals surface area contributed by atoms with Crippen molar-refractivity contribution in [3.05, 3.63) is 0 Å². The van der Waals surface area contributed by atoms with Gasteiger partial charge < -0.3 is 16.4 Å². The molecule has 1 atom stereocenters. The molecule has 0 fully saturated rings. The number of thiocarbonyl (C=S) groups is 1. The smallest absolute Gasteiger partial charge is 0.309 e. The molecule has 0 rings (SSSR count). The zero-order valence-corrected chi connectivity index (χ0v) is 10.6. The van der Waals surface area contributed by atoms with E-state index in [9.17, 15) is 13.8 Å². The minimum Gasteiger partial charge on any atom is -0.392 e. The Labute approximate surface area is 102 Å². The normalized spacial score (nSPS) is 11.6. The highest BCUT2D eigenvalue weighted by atomic mass is 32.2. The highest BCUT2D eigenvalue weighted by Crippen LogP contribution is 1.79. The monoisotopic (exact) mass is 265 g/mol. The third-order valence-corrected chi connectivity index (χ3v) is 3.01. The van der Waals surface area contributed by atoms with Gasteiger partial charge in [-0.1, -0.05) is 19.1 Å². The summed E-state index contributed by atoms with van der Waals surface area (Å²) in [5, 5.41) is 4.58. The van der Waals surface area contributed by atoms with Gasteiger partial charge in [-0.25, -0.2) is 0 Å². The summed E-state index contributed by atoms with van der Waals surface area (Å²) < 4.78 is 11.0. The van der Waals surface area contributed by atoms with E-state index in [2.05, 4.69) is 22.9 Å². The number of carbonyl (C=O) groups is 2. The van der Waals surface area contributed by atoms with E-state index < -0.39 is 22.6 Å². The van der Waals surface area contributed by atoms with Crippen LogP contribution in [-0.4, -0.2) is 45.6 Å². The fourth-order valence-electron chi connectivity index (χ4n) is 0.751. The Bertz CT molecular complexity index is 307. The largest absolute Gasteiger partial charge is 0.392 e. The quantitative estimate of drug-likeness (QED) is 0.391. The van der Waals surface area contributed by atoms with Gasteiger partial charge in [-0.15, -0.1) is 0 Å². The molecule has 0 saturated carbocycles. The average Bonchev–Trinajstić information content (AvgIpc) is 2.25. The van der Waals surface area contributed by atoms with Gasteiger partial charge in [-0.2, -0.15) is 0 Å². The van der Waals surface area contributed by atoms with E-state index in [4.69, 9.17) is 5.73 Å². The van der Waals surface area contributed by atoms with Gasteiger partial charge in [-0.05, 0) is 0 Å². The van der Waals surface area contributed by atoms with Crippen LogP contribution in [0.15, 0.2) is 0 Å². The molecule has 0 saturated heterocycles. The first-order valence-corrected chi connectivity index (χ1v) is 6.56. The standard InChI is InChI=1S/C8H15N3O3S2/c1-2-16(14)4-3-10-7(12)8(13)11-5-6(9)15/h2-5H2,1H3,(H2,9,15)(H,10,12)(H,11,13). The molecule has 4 N–H and O–H groups in total. The lowest BCUT2D eigenvalue weighted by atomic mass is 10.5. The third-order valence-electron chi connectivity index (χ3n) is 1.57. The zero-order valence-electron chi connectivity index (χ0n) is 8.95. The molecule has 92 valence electrons. The summed E-state index contributed by atoms with van der Waals surface area (Å²) >= 11 is 4.53. The van der Waals surface area contributed by atoms with Crippen LogP contribution >= 0.6 is 12.2 Å². The molecule has 0 aromatic heterocycles. The maximum atomic E-state index is 11.1. The molecule has 0 aliphatic heterocycles. The first kappa shape index (κ1) is 15.0. The molecule has 1 unspecified atom stereocenters. The molecule has 2 amide bonds. The van der Waals surface area contributed by atoms with Crippen molar-refractivity contribution in [1.29, 1.82) is 0 Å². The predicted molar refractivity (Wildman–Crippen MR) is 66.4 cm³/mol. The van der Waals surface area contributed by atoms with Crippen molar-refractivity contribution in [2.75, 3.05) is 24.6 Å². The summed E-state index contributed by atoms with van der Waals surface area (Å²) in [5.74, 6) is -0.701. The molecular formula is C8H15N3O3S2. The highest BCUT2D eigenvalue weighted by Gasteiger charge is 2.12. The summed E-state index contributed by atoms with van der Waals surface area (Å²) in [6.45, 7) is 1.98. The van der Waals surface area contributed by atoms with Crippen LogP contribution in [0.4, 0.5) is 0 Å². The minimum atomic E-state index is -0.955. The molecule has 0 aromatic carbocycles. The molecule has 0 radical (unpaired) electrons. The first-order chi connectivity index (χ1) is 7.47. The van der Waals surface area contributed by atoms with Crippen LogP contribution < -0.4 is 16.4 Å². The average molecular weight is 265 g/mol. The van der Waals surface area contributed by atoms with Gasteiger partial charge >= 0.3 is 11.8 Å². The number of hydrogen-bond donors (Lipinski definition) is 3. The van der Waals surface area contributed by atoms with Gasteiger partial charge in [0.1, 0.15) is 0 Å². The second-order valence-corrected chi connectivity index (χ2v) is 5.23. The van der Waals surface area contributed by atoms with Crippen LogP contribution in [0.3, 0.4) is 0 Å². The van der Waals surface area contributed by atoms with E-state index in [1.54, 1.807) is 6.92 Å². The fourth-order valence-corrected chi connectivity index (χ4v) is 1.44. The Balaban J connectivity index is 3.75. The van der Waals surface area contributed by atoms with Crippen molar-refractivity contribution < 1.29 is 13.8 Å². The minimum absolute atomic E-state index is 0.0114. The summed E-state index contributed by atoms with van der Waals surface area (Å²) in [6, 6.07) is 0. The number of rotatable bonds is 6. The number of amides is 2. The van der Waals surface area contributed by atoms with Crippen molar-refractivity contribution in [3.63, 3.8) is 0 Å². The molecule has 6 nitrogen and oxygen atoms in total. The summed E-state index contributed by atoms with van der Waals surface area (Å²) in [4.78, 5) is 22.3. The molecule has 0 aromatic rings. The van der Waals surface area contributed by atoms with Crippen LogP contribution in [0.1, 0.15) is 6.92 Å². The molecule has 0 spiro atoms. The Morgan fingerprint density at radius 2 is 1.88 bits per heavy atom. The van der Waals surface area contributed by atoms with Crippen LogP contribution in [0, 0.1) is 0 Å². The van der Waals surface area contributed by atoms with Crippen molar-refractivity contribution in [2.45, 2.75) is 6.92 Å². The van der Waals surface area contributed by atoms with E-state index in [1.807, 2.05) is 0 Å². The maximum Gasteiger partial charge on any atom is 0.309 e. The summed E-state index contributed by atoms with van der Waals surface area (Å²) in [7, 11) is -0.955. The van der Waals surface area contributed by atoms with Crippen LogP contribution in [0.2, 0.25) is 0 Å². The van der Waals surface area contributed by atoms with E-state index in [0.717, 1.165) is 0 Å². The Kier molecular flexibility index (Phi) is 7.65. The van der Waals surface area contributed by atoms with Crippen LogP contribution in [-0.2, 0) is 20.4 Å². The number of nitrogens with one attached hydrogen (secondary N) is 2. The summed E-state index contributed by atoms with van der Waals surface area (Å²) in [6.07, 6.45) is 0. The van der Waals surface area contributed by atoms with Crippen molar-refractivity contribution in [1.82, 2.24) is 10.6 Å². The van der Waals surface area contributed by atoms with E-state index in [1.165, 1.54) is 0 Å². The zero-order chi connectivity index (χ0) is 12.6. The molecular weight excluding hydrogens is 250 g/mol. The predicted octanol–water partition coefficient (Wildman–Crippen LogP) is -1.73. The van der Waals surface area contributed by atoms with Crippen molar-refractivity contribution in [2.24, 2.45) is 5.73 Å². The lowest BCUT2D eigenvalue weighted by molar-refractivity contribution is -0.138. The molecule has 0 heterocycles. The van der Waals surface area contributed by atoms with Crippen LogP contribution in [0.25, 0.3) is 0 Å². The van der Waals surface area contributed by atoms with Gasteiger partial charge in [0, 0.05) is 28.9 Å². The Morgan fingerprint density at radius 3 is 2.38 bits per heavy atom. The lowest BCUT2D eigenvalue weighted by Gasteiger charge is -2.05. The van der Waals surface area contributed by atoms with E-state index in [0.29, 0.717) is 11.5 Å². The SMILES string of the molecule is CCS(=O)CCNC(=O)C(=O)NCC(N)=S. The second kappa shape index (κ2) is 8.17. The third kappa shape index (κ3) is 7.30. The number of nitrogens with two attached hydrogens (primary N) is 1. The maximum absolute atomic E-state index is 11.1. The molecule has 0 aliphatic carbocycles. The van der Waals surface area contributed by atoms with Crippen molar-refractivity contribution >= 4 is 39.8 Å². The van der Waals surface area contributed by atoms with Crippen LogP contribution in [0.5, 0.6) is 0 Å². The molecule has 0 bridgehead atoms. The molecule has 16 heavy (non-hydrogen) atoms. The van der Waals surface area contributed by atoms with E-state index >= 15 is 0 Å². The fraction of sp³-hybridized carbons (Fsp3) is 0.625. The van der Waals surface area contributed by atoms with E-state index in [-0.39, 0.29) is 18.1 Å². The Morgan fingerprint density at radius 1 is 1.31 bits per heavy atom.